The van der Waals surface area contributed by atoms with E-state index in [-0.39, 0.29) is 11.4 Å². The van der Waals surface area contributed by atoms with Crippen molar-refractivity contribution in [2.24, 2.45) is 5.41 Å². The molecule has 3 aliphatic carbocycles. The second-order valence-corrected chi connectivity index (χ2v) is 7.17. The van der Waals surface area contributed by atoms with Crippen molar-refractivity contribution in [3.05, 3.63) is 0 Å². The molecule has 3 saturated carbocycles. The second kappa shape index (κ2) is 7.10. The zero-order valence-corrected chi connectivity index (χ0v) is 14.1. The molecule has 21 heavy (non-hydrogen) atoms. The Morgan fingerprint density at radius 3 is 2.10 bits per heavy atom. The van der Waals surface area contributed by atoms with Crippen molar-refractivity contribution in [1.82, 2.24) is 15.5 Å². The highest BCUT2D eigenvalue weighted by atomic mass is 16.2. The van der Waals surface area contributed by atoms with Crippen LogP contribution in [0.1, 0.15) is 59.3 Å². The predicted octanol–water partition coefficient (Wildman–Crippen LogP) is 2.15. The van der Waals surface area contributed by atoms with Gasteiger partial charge in [-0.1, -0.05) is 20.8 Å². The van der Waals surface area contributed by atoms with Crippen LogP contribution in [0.25, 0.3) is 0 Å². The first-order valence-electron chi connectivity index (χ1n) is 8.83. The molecule has 0 radical (unpaired) electrons. The van der Waals surface area contributed by atoms with Crippen LogP contribution >= 0.6 is 0 Å². The molecule has 0 unspecified atom stereocenters. The maximum absolute atomic E-state index is 12.3. The highest BCUT2D eigenvalue weighted by molar-refractivity contribution is 5.79. The number of amides is 1. The van der Waals surface area contributed by atoms with Gasteiger partial charge in [-0.3, -0.25) is 9.69 Å². The van der Waals surface area contributed by atoms with E-state index < -0.39 is 0 Å². The number of hydrogen-bond donors (Lipinski definition) is 2. The molecule has 1 saturated heterocycles. The van der Waals surface area contributed by atoms with Crippen molar-refractivity contribution < 1.29 is 4.79 Å². The van der Waals surface area contributed by atoms with Gasteiger partial charge in [0.2, 0.25) is 5.91 Å². The van der Waals surface area contributed by atoms with Gasteiger partial charge in [-0.05, 0) is 43.9 Å². The Kier molecular flexibility index (Phi) is 5.67. The van der Waals surface area contributed by atoms with Gasteiger partial charge < -0.3 is 10.6 Å². The predicted molar refractivity (Wildman–Crippen MR) is 87.3 cm³/mol. The van der Waals surface area contributed by atoms with E-state index in [1.165, 1.54) is 38.5 Å². The first-order valence-corrected chi connectivity index (χ1v) is 8.83. The SMILES string of the molecule is CC.CC12CCC(NC(=O)CN3CCNCC3)(CC1)CC2. The van der Waals surface area contributed by atoms with Crippen LogP contribution in [-0.2, 0) is 4.79 Å². The topological polar surface area (TPSA) is 44.4 Å². The van der Waals surface area contributed by atoms with Crippen LogP contribution in [0.3, 0.4) is 0 Å². The molecule has 0 aromatic heterocycles. The number of carbonyl (C=O) groups is 1. The Bertz CT molecular complexity index is 325. The standard InChI is InChI=1S/C15H27N3O.C2H6/c1-14-2-5-15(6-3-14,7-4-14)17-13(19)12-18-10-8-16-9-11-18;1-2/h16H,2-12H2,1H3,(H,17,19);1-2H3. The van der Waals surface area contributed by atoms with Crippen LogP contribution in [0.2, 0.25) is 0 Å². The Morgan fingerprint density at radius 2 is 1.57 bits per heavy atom. The Labute approximate surface area is 130 Å². The molecular weight excluding hydrogens is 262 g/mol. The van der Waals surface area contributed by atoms with E-state index in [0.717, 1.165) is 26.2 Å². The summed E-state index contributed by atoms with van der Waals surface area (Å²) in [5.41, 5.74) is 0.716. The average Bonchev–Trinajstić information content (AvgIpc) is 2.52. The van der Waals surface area contributed by atoms with Crippen molar-refractivity contribution in [2.45, 2.75) is 64.8 Å². The lowest BCUT2D eigenvalue weighted by Gasteiger charge is -2.52. The van der Waals surface area contributed by atoms with E-state index >= 15 is 0 Å². The van der Waals surface area contributed by atoms with E-state index in [4.69, 9.17) is 0 Å². The van der Waals surface area contributed by atoms with Crippen molar-refractivity contribution in [1.29, 1.82) is 0 Å². The fourth-order valence-electron chi connectivity index (χ4n) is 3.97. The molecule has 4 nitrogen and oxygen atoms in total. The zero-order valence-electron chi connectivity index (χ0n) is 14.1. The molecule has 0 atom stereocenters. The minimum absolute atomic E-state index is 0.142. The molecule has 0 aromatic rings. The average molecular weight is 295 g/mol. The van der Waals surface area contributed by atoms with Gasteiger partial charge >= 0.3 is 0 Å². The fourth-order valence-corrected chi connectivity index (χ4v) is 3.97. The lowest BCUT2D eigenvalue weighted by atomic mass is 9.58. The van der Waals surface area contributed by atoms with Crippen LogP contribution in [0.15, 0.2) is 0 Å². The fraction of sp³-hybridized carbons (Fsp3) is 0.941. The largest absolute Gasteiger partial charge is 0.350 e. The Morgan fingerprint density at radius 1 is 1.05 bits per heavy atom. The number of carbonyl (C=O) groups excluding carboxylic acids is 1. The summed E-state index contributed by atoms with van der Waals surface area (Å²) in [6.45, 7) is 11.0. The van der Waals surface area contributed by atoms with E-state index in [2.05, 4.69) is 22.5 Å². The van der Waals surface area contributed by atoms with Crippen molar-refractivity contribution in [3.63, 3.8) is 0 Å². The van der Waals surface area contributed by atoms with E-state index in [0.29, 0.717) is 12.0 Å². The van der Waals surface area contributed by atoms with E-state index in [9.17, 15) is 4.79 Å². The number of rotatable bonds is 3. The first-order chi connectivity index (χ1) is 10.1. The first kappa shape index (κ1) is 16.8. The maximum atomic E-state index is 12.3. The number of nitrogens with one attached hydrogen (secondary N) is 2. The van der Waals surface area contributed by atoms with Crippen molar-refractivity contribution in [3.8, 4) is 0 Å². The van der Waals surface area contributed by atoms with Gasteiger partial charge in [0.15, 0.2) is 0 Å². The number of hydrogen-bond acceptors (Lipinski definition) is 3. The molecule has 1 amide bonds. The number of fused-ring (bicyclic) bond motifs is 3. The summed E-state index contributed by atoms with van der Waals surface area (Å²) in [6, 6.07) is 0. The smallest absolute Gasteiger partial charge is 0.234 e. The monoisotopic (exact) mass is 295 g/mol. The van der Waals surface area contributed by atoms with Crippen LogP contribution in [0.4, 0.5) is 0 Å². The van der Waals surface area contributed by atoms with Crippen molar-refractivity contribution >= 4 is 5.91 Å². The molecule has 1 aliphatic heterocycles. The van der Waals surface area contributed by atoms with E-state index in [1.54, 1.807) is 0 Å². The van der Waals surface area contributed by atoms with Gasteiger partial charge in [0.1, 0.15) is 0 Å². The van der Waals surface area contributed by atoms with Gasteiger partial charge in [-0.25, -0.2) is 0 Å². The molecule has 4 aliphatic rings. The summed E-state index contributed by atoms with van der Waals surface area (Å²) in [5, 5.41) is 6.71. The molecule has 0 spiro atoms. The summed E-state index contributed by atoms with van der Waals surface area (Å²) in [6.07, 6.45) is 7.45. The van der Waals surface area contributed by atoms with Crippen molar-refractivity contribution in [2.75, 3.05) is 32.7 Å². The molecule has 2 bridgehead atoms. The third-order valence-corrected chi connectivity index (χ3v) is 5.60. The quantitative estimate of drug-likeness (QED) is 0.838. The third kappa shape index (κ3) is 4.19. The summed E-state index contributed by atoms with van der Waals surface area (Å²) in [4.78, 5) is 14.5. The second-order valence-electron chi connectivity index (χ2n) is 7.17. The summed E-state index contributed by atoms with van der Waals surface area (Å²) >= 11 is 0. The molecule has 122 valence electrons. The van der Waals surface area contributed by atoms with E-state index in [1.807, 2.05) is 13.8 Å². The minimum Gasteiger partial charge on any atom is -0.350 e. The van der Waals surface area contributed by atoms with Crippen LogP contribution in [0, 0.1) is 5.41 Å². The highest BCUT2D eigenvalue weighted by Crippen LogP contribution is 2.51. The van der Waals surface area contributed by atoms with Gasteiger partial charge in [0.25, 0.3) is 0 Å². The molecule has 4 rings (SSSR count). The van der Waals surface area contributed by atoms with Gasteiger partial charge in [0, 0.05) is 31.7 Å². The molecule has 0 aromatic carbocycles. The van der Waals surface area contributed by atoms with Gasteiger partial charge in [0.05, 0.1) is 6.54 Å². The van der Waals surface area contributed by atoms with Gasteiger partial charge in [-0.2, -0.15) is 0 Å². The number of nitrogens with zero attached hydrogens (tertiary/aromatic N) is 1. The molecular formula is C17H33N3O. The minimum atomic E-state index is 0.142. The van der Waals surface area contributed by atoms with Crippen LogP contribution in [0.5, 0.6) is 0 Å². The molecule has 4 fully saturated rings. The lowest BCUT2D eigenvalue weighted by molar-refractivity contribution is -0.126. The lowest BCUT2D eigenvalue weighted by Crippen LogP contribution is -2.58. The highest BCUT2D eigenvalue weighted by Gasteiger charge is 2.46. The molecule has 4 heteroatoms. The molecule has 2 N–H and O–H groups in total. The Hall–Kier alpha value is -0.610. The number of piperazine rings is 1. The Balaban J connectivity index is 0.000000774. The summed E-state index contributed by atoms with van der Waals surface area (Å²) in [5.74, 6) is 0.243. The normalized spacial score (nSPS) is 35.8. The third-order valence-electron chi connectivity index (χ3n) is 5.60. The van der Waals surface area contributed by atoms with Crippen LogP contribution < -0.4 is 10.6 Å². The summed E-state index contributed by atoms with van der Waals surface area (Å²) < 4.78 is 0. The van der Waals surface area contributed by atoms with Crippen LogP contribution in [-0.4, -0.2) is 49.1 Å². The summed E-state index contributed by atoms with van der Waals surface area (Å²) in [7, 11) is 0. The van der Waals surface area contributed by atoms with Gasteiger partial charge in [-0.15, -0.1) is 0 Å². The maximum Gasteiger partial charge on any atom is 0.234 e. The zero-order chi connectivity index (χ0) is 15.3. The molecule has 1 heterocycles.